The fourth-order valence-corrected chi connectivity index (χ4v) is 9.33. The first-order valence-electron chi connectivity index (χ1n) is 20.5. The van der Waals surface area contributed by atoms with Gasteiger partial charge in [0.25, 0.3) is 5.91 Å². The molecule has 2 aromatic carbocycles. The number of imide groups is 1. The molecule has 2 aliphatic heterocycles. The number of para-hydroxylation sites is 1. The van der Waals surface area contributed by atoms with Crippen molar-refractivity contribution < 1.29 is 41.5 Å². The summed E-state index contributed by atoms with van der Waals surface area (Å²) in [5.74, 6) is -0.912. The maximum absolute atomic E-state index is 16.1. The monoisotopic (exact) mass is 848 g/mol. The second-order valence-corrected chi connectivity index (χ2v) is 17.1. The number of amides is 3. The number of oxazole rings is 1. The lowest BCUT2D eigenvalue weighted by Crippen LogP contribution is -2.52. The Bertz CT molecular complexity index is 2570. The number of fused-ring (bicyclic) bond motifs is 2. The van der Waals surface area contributed by atoms with Gasteiger partial charge in [0.2, 0.25) is 11.8 Å². The van der Waals surface area contributed by atoms with Crippen LogP contribution >= 0.6 is 0 Å². The minimum atomic E-state index is -4.73. The number of hydrogen-bond acceptors (Lipinski definition) is 10. The van der Waals surface area contributed by atoms with E-state index in [9.17, 15) is 37.5 Å². The number of aromatic nitrogens is 4. The summed E-state index contributed by atoms with van der Waals surface area (Å²) in [5, 5.41) is 15.9. The van der Waals surface area contributed by atoms with Crippen LogP contribution in [0.25, 0.3) is 22.1 Å². The normalized spacial score (nSPS) is 22.9. The molecule has 61 heavy (non-hydrogen) atoms. The van der Waals surface area contributed by atoms with Gasteiger partial charge in [-0.1, -0.05) is 12.1 Å². The molecule has 2 saturated heterocycles. The zero-order valence-corrected chi connectivity index (χ0v) is 34.3. The standard InChI is InChI=1S/C43H48F4N8O6/c1-42(2,60)25-19-29-34(20-28(25)49-38(57)27-7-5-10-35(48-27)43(45,46)47)61-40(50-29)24-13-11-23(12-14-24)21-52(3)30-17-18-54(22-26(30)44)31-8-6-9-32-37(31)53(4)41(59)55(32)33-15-16-36(56)51-39(33)58/h5-10,19-20,23-24,26,30,33,60H,11-18,21-22H2,1-4H3,(H,49,57)(H,51,56,58)/t23?,24?,26-,30-,33?/m1/s1. The van der Waals surface area contributed by atoms with Crippen molar-refractivity contribution in [2.24, 2.45) is 13.0 Å². The number of aliphatic hydroxyl groups is 1. The third-order valence-corrected chi connectivity index (χ3v) is 12.5. The number of nitrogens with zero attached hydrogens (tertiary/aromatic N) is 6. The predicted octanol–water partition coefficient (Wildman–Crippen LogP) is 6.18. The van der Waals surface area contributed by atoms with Crippen molar-refractivity contribution in [2.45, 2.75) is 94.7 Å². The minimum Gasteiger partial charge on any atom is -0.440 e. The smallest absolute Gasteiger partial charge is 0.433 e. The van der Waals surface area contributed by atoms with Crippen LogP contribution in [0, 0.1) is 5.92 Å². The molecule has 5 aromatic rings. The highest BCUT2D eigenvalue weighted by molar-refractivity contribution is 6.04. The summed E-state index contributed by atoms with van der Waals surface area (Å²) in [6, 6.07) is 10.5. The van der Waals surface area contributed by atoms with Crippen molar-refractivity contribution in [1.29, 1.82) is 0 Å². The van der Waals surface area contributed by atoms with Crippen LogP contribution in [0.3, 0.4) is 0 Å². The lowest BCUT2D eigenvalue weighted by Gasteiger charge is -2.42. The SMILES string of the molecule is CN(CC1CCC(c2nc3cc(C(C)(C)O)c(NC(=O)c4cccc(C(F)(F)F)n4)cc3o2)CC1)[C@@H]1CCN(c2cccc3c2n(C)c(=O)n3C2CCC(=O)NC2=O)C[C@H]1F. The second kappa shape index (κ2) is 16.0. The second-order valence-electron chi connectivity index (χ2n) is 17.1. The number of nitrogens with one attached hydrogen (secondary N) is 2. The molecule has 1 saturated carbocycles. The van der Waals surface area contributed by atoms with Crippen LogP contribution in [0.5, 0.6) is 0 Å². The number of anilines is 2. The first-order valence-corrected chi connectivity index (χ1v) is 20.5. The summed E-state index contributed by atoms with van der Waals surface area (Å²) in [6.07, 6.45) is -1.66. The highest BCUT2D eigenvalue weighted by Gasteiger charge is 2.37. The summed E-state index contributed by atoms with van der Waals surface area (Å²) in [5.41, 5.74) is -0.292. The van der Waals surface area contributed by atoms with Gasteiger partial charge in [-0.2, -0.15) is 13.2 Å². The first-order chi connectivity index (χ1) is 28.9. The van der Waals surface area contributed by atoms with Gasteiger partial charge >= 0.3 is 11.9 Å². The fraction of sp³-hybridized carbons (Fsp3) is 0.488. The first kappa shape index (κ1) is 42.1. The third kappa shape index (κ3) is 8.26. The highest BCUT2D eigenvalue weighted by Crippen LogP contribution is 2.40. The predicted molar refractivity (Wildman–Crippen MR) is 218 cm³/mol. The van der Waals surface area contributed by atoms with E-state index in [0.29, 0.717) is 64.7 Å². The van der Waals surface area contributed by atoms with Crippen molar-refractivity contribution in [3.63, 3.8) is 0 Å². The van der Waals surface area contributed by atoms with E-state index in [1.54, 1.807) is 25.2 Å². The summed E-state index contributed by atoms with van der Waals surface area (Å²) in [4.78, 5) is 63.3. The molecule has 3 atom stereocenters. The van der Waals surface area contributed by atoms with E-state index >= 15 is 4.39 Å². The number of carbonyl (C=O) groups is 3. The molecular weight excluding hydrogens is 801 g/mol. The number of alkyl halides is 4. The Labute approximate surface area is 347 Å². The minimum absolute atomic E-state index is 0.00702. The van der Waals surface area contributed by atoms with Gasteiger partial charge < -0.3 is 24.6 Å². The Morgan fingerprint density at radius 1 is 1.02 bits per heavy atom. The van der Waals surface area contributed by atoms with Crippen LogP contribution in [0.4, 0.5) is 28.9 Å². The topological polar surface area (TPSA) is 168 Å². The summed E-state index contributed by atoms with van der Waals surface area (Å²) in [7, 11) is 3.60. The van der Waals surface area contributed by atoms with Gasteiger partial charge in [0.05, 0.1) is 34.6 Å². The van der Waals surface area contributed by atoms with Gasteiger partial charge in [0, 0.05) is 50.1 Å². The number of aryl methyl sites for hydroxylation is 1. The molecule has 3 N–H and O–H groups in total. The number of pyridine rings is 1. The zero-order chi connectivity index (χ0) is 43.5. The lowest BCUT2D eigenvalue weighted by atomic mass is 9.81. The third-order valence-electron chi connectivity index (χ3n) is 12.5. The van der Waals surface area contributed by atoms with Gasteiger partial charge in [-0.05, 0) is 95.7 Å². The van der Waals surface area contributed by atoms with E-state index < -0.39 is 47.2 Å². The molecule has 1 aliphatic carbocycles. The molecule has 3 amide bonds. The van der Waals surface area contributed by atoms with Crippen molar-refractivity contribution in [1.82, 2.24) is 29.3 Å². The van der Waals surface area contributed by atoms with Gasteiger partial charge in [-0.25, -0.2) is 19.2 Å². The largest absolute Gasteiger partial charge is 0.440 e. The number of carbonyl (C=O) groups excluding carboxylic acids is 3. The van der Waals surface area contributed by atoms with Crippen molar-refractivity contribution in [2.75, 3.05) is 36.9 Å². The van der Waals surface area contributed by atoms with Crippen molar-refractivity contribution in [3.05, 3.63) is 81.9 Å². The van der Waals surface area contributed by atoms with E-state index in [-0.39, 0.29) is 48.6 Å². The number of hydrogen-bond donors (Lipinski definition) is 3. The number of imidazole rings is 1. The Morgan fingerprint density at radius 3 is 2.44 bits per heavy atom. The number of halogens is 4. The van der Waals surface area contributed by atoms with E-state index in [4.69, 9.17) is 9.40 Å². The summed E-state index contributed by atoms with van der Waals surface area (Å²) < 4.78 is 65.1. The Balaban J connectivity index is 0.900. The molecule has 14 nitrogen and oxygen atoms in total. The lowest BCUT2D eigenvalue weighted by molar-refractivity contribution is -0.141. The molecule has 0 spiro atoms. The van der Waals surface area contributed by atoms with Crippen LogP contribution in [-0.2, 0) is 28.4 Å². The molecule has 0 radical (unpaired) electrons. The van der Waals surface area contributed by atoms with E-state index in [2.05, 4.69) is 20.5 Å². The van der Waals surface area contributed by atoms with E-state index in [1.807, 2.05) is 18.0 Å². The van der Waals surface area contributed by atoms with Gasteiger partial charge in [-0.15, -0.1) is 0 Å². The molecule has 8 rings (SSSR count). The van der Waals surface area contributed by atoms with Crippen LogP contribution in [0.1, 0.15) is 98.4 Å². The molecule has 1 unspecified atom stereocenters. The van der Waals surface area contributed by atoms with Crippen LogP contribution in [0.2, 0.25) is 0 Å². The average molecular weight is 849 g/mol. The molecule has 3 aromatic heterocycles. The molecule has 18 heteroatoms. The average Bonchev–Trinajstić information content (AvgIpc) is 3.74. The molecular formula is C43H48F4N8O6. The quantitative estimate of drug-likeness (QED) is 0.115. The summed E-state index contributed by atoms with van der Waals surface area (Å²) >= 11 is 0. The van der Waals surface area contributed by atoms with E-state index in [1.165, 1.54) is 35.1 Å². The number of benzene rings is 2. The maximum atomic E-state index is 16.1. The Morgan fingerprint density at radius 2 is 1.75 bits per heavy atom. The Kier molecular flexibility index (Phi) is 11.0. The molecule has 3 fully saturated rings. The number of piperidine rings is 2. The molecule has 324 valence electrons. The fourth-order valence-electron chi connectivity index (χ4n) is 9.33. The van der Waals surface area contributed by atoms with E-state index in [0.717, 1.165) is 37.8 Å². The molecule has 5 heterocycles. The molecule has 3 aliphatic rings. The maximum Gasteiger partial charge on any atom is 0.433 e. The van der Waals surface area contributed by atoms with Gasteiger partial charge in [0.1, 0.15) is 29.1 Å². The van der Waals surface area contributed by atoms with Crippen molar-refractivity contribution >= 4 is 51.2 Å². The number of rotatable bonds is 9. The highest BCUT2D eigenvalue weighted by atomic mass is 19.4. The van der Waals surface area contributed by atoms with Gasteiger partial charge in [0.15, 0.2) is 11.5 Å². The van der Waals surface area contributed by atoms with Crippen molar-refractivity contribution in [3.8, 4) is 0 Å². The van der Waals surface area contributed by atoms with Crippen LogP contribution in [0.15, 0.2) is 57.7 Å². The zero-order valence-electron chi connectivity index (χ0n) is 34.3. The van der Waals surface area contributed by atoms with Gasteiger partial charge in [-0.3, -0.25) is 28.8 Å². The molecule has 0 bridgehead atoms. The Hall–Kier alpha value is -5.62. The van der Waals surface area contributed by atoms with Crippen LogP contribution in [-0.4, -0.2) is 85.7 Å². The summed E-state index contributed by atoms with van der Waals surface area (Å²) in [6.45, 7) is 4.47. The van der Waals surface area contributed by atoms with Crippen LogP contribution < -0.4 is 21.2 Å².